The number of hydrogen-bond acceptors (Lipinski definition) is 3. The zero-order valence-electron chi connectivity index (χ0n) is 12.4. The lowest BCUT2D eigenvalue weighted by Crippen LogP contribution is -2.48. The van der Waals surface area contributed by atoms with Gasteiger partial charge in [0.25, 0.3) is 0 Å². The largest absolute Gasteiger partial charge is 0.339 e. The van der Waals surface area contributed by atoms with E-state index in [4.69, 9.17) is 0 Å². The van der Waals surface area contributed by atoms with Crippen LogP contribution in [0.5, 0.6) is 0 Å². The van der Waals surface area contributed by atoms with Gasteiger partial charge in [-0.1, -0.05) is 20.8 Å². The molecule has 0 aliphatic carbocycles. The Morgan fingerprint density at radius 2 is 1.84 bits per heavy atom. The molecule has 0 radical (unpaired) electrons. The number of sulfonamides is 1. The SMILES string of the molecule is CCN(CC)S(=O)(=O)CC(=O)N1CC[C@H](C)C[C@@H]1C. The Labute approximate surface area is 117 Å². The predicted molar refractivity (Wildman–Crippen MR) is 76.3 cm³/mol. The summed E-state index contributed by atoms with van der Waals surface area (Å²) in [5.74, 6) is -0.0438. The van der Waals surface area contributed by atoms with Crippen molar-refractivity contribution in [3.63, 3.8) is 0 Å². The summed E-state index contributed by atoms with van der Waals surface area (Å²) in [6.07, 6.45) is 1.92. The molecule has 1 aliphatic rings. The van der Waals surface area contributed by atoms with Crippen LogP contribution in [0, 0.1) is 5.92 Å². The van der Waals surface area contributed by atoms with Crippen molar-refractivity contribution in [1.82, 2.24) is 9.21 Å². The number of carbonyl (C=O) groups is 1. The fraction of sp³-hybridized carbons (Fsp3) is 0.923. The second-order valence-electron chi connectivity index (χ2n) is 5.41. The van der Waals surface area contributed by atoms with E-state index in [1.165, 1.54) is 4.31 Å². The molecule has 0 aromatic heterocycles. The maximum absolute atomic E-state index is 12.2. The molecule has 0 bridgehead atoms. The Morgan fingerprint density at radius 1 is 1.26 bits per heavy atom. The van der Waals surface area contributed by atoms with Crippen LogP contribution < -0.4 is 0 Å². The Balaban J connectivity index is 2.69. The summed E-state index contributed by atoms with van der Waals surface area (Å²) in [5, 5.41) is 0. The van der Waals surface area contributed by atoms with Crippen LogP contribution in [0.25, 0.3) is 0 Å². The molecular weight excluding hydrogens is 264 g/mol. The van der Waals surface area contributed by atoms with E-state index in [1.54, 1.807) is 18.7 Å². The van der Waals surface area contributed by atoms with Crippen LogP contribution in [0.4, 0.5) is 0 Å². The molecule has 112 valence electrons. The average molecular weight is 290 g/mol. The zero-order chi connectivity index (χ0) is 14.6. The van der Waals surface area contributed by atoms with Gasteiger partial charge in [0.05, 0.1) is 0 Å². The van der Waals surface area contributed by atoms with Gasteiger partial charge in [0.15, 0.2) is 0 Å². The molecular formula is C13H26N2O3S. The van der Waals surface area contributed by atoms with Crippen LogP contribution in [0.3, 0.4) is 0 Å². The molecule has 1 fully saturated rings. The minimum atomic E-state index is -3.47. The van der Waals surface area contributed by atoms with Crippen LogP contribution in [-0.4, -0.2) is 55.0 Å². The number of piperidine rings is 1. The Hall–Kier alpha value is -0.620. The minimum absolute atomic E-state index is 0.142. The van der Waals surface area contributed by atoms with E-state index < -0.39 is 15.8 Å². The summed E-state index contributed by atoms with van der Waals surface area (Å²) < 4.78 is 25.5. The topological polar surface area (TPSA) is 57.7 Å². The zero-order valence-corrected chi connectivity index (χ0v) is 13.2. The first-order chi connectivity index (χ1) is 8.81. The monoisotopic (exact) mass is 290 g/mol. The van der Waals surface area contributed by atoms with Crippen LogP contribution >= 0.6 is 0 Å². The summed E-state index contributed by atoms with van der Waals surface area (Å²) in [6, 6.07) is 0.142. The molecule has 0 spiro atoms. The predicted octanol–water partition coefficient (Wildman–Crippen LogP) is 1.30. The van der Waals surface area contributed by atoms with E-state index in [0.717, 1.165) is 12.8 Å². The van der Waals surface area contributed by atoms with E-state index in [-0.39, 0.29) is 11.9 Å². The highest BCUT2D eigenvalue weighted by molar-refractivity contribution is 7.89. The quantitative estimate of drug-likeness (QED) is 0.767. The van der Waals surface area contributed by atoms with Gasteiger partial charge >= 0.3 is 0 Å². The van der Waals surface area contributed by atoms with Gasteiger partial charge in [-0.15, -0.1) is 0 Å². The van der Waals surface area contributed by atoms with E-state index in [0.29, 0.717) is 25.6 Å². The third-order valence-electron chi connectivity index (χ3n) is 3.86. The van der Waals surface area contributed by atoms with Crippen molar-refractivity contribution in [2.75, 3.05) is 25.4 Å². The van der Waals surface area contributed by atoms with Crippen LogP contribution in [0.15, 0.2) is 0 Å². The molecule has 5 nitrogen and oxygen atoms in total. The third-order valence-corrected chi connectivity index (χ3v) is 5.78. The highest BCUT2D eigenvalue weighted by atomic mass is 32.2. The lowest BCUT2D eigenvalue weighted by molar-refractivity contribution is -0.132. The van der Waals surface area contributed by atoms with Crippen molar-refractivity contribution in [1.29, 1.82) is 0 Å². The highest BCUT2D eigenvalue weighted by Crippen LogP contribution is 2.22. The van der Waals surface area contributed by atoms with E-state index in [2.05, 4.69) is 6.92 Å². The van der Waals surface area contributed by atoms with Gasteiger partial charge in [0.2, 0.25) is 15.9 Å². The third kappa shape index (κ3) is 4.18. The second kappa shape index (κ2) is 6.70. The normalized spacial score (nSPS) is 24.8. The summed E-state index contributed by atoms with van der Waals surface area (Å²) >= 11 is 0. The van der Waals surface area contributed by atoms with Gasteiger partial charge in [0.1, 0.15) is 5.75 Å². The van der Waals surface area contributed by atoms with Crippen LogP contribution in [-0.2, 0) is 14.8 Å². The van der Waals surface area contributed by atoms with Crippen molar-refractivity contribution in [2.24, 2.45) is 5.92 Å². The van der Waals surface area contributed by atoms with Crippen molar-refractivity contribution >= 4 is 15.9 Å². The molecule has 2 atom stereocenters. The van der Waals surface area contributed by atoms with Crippen LogP contribution in [0.2, 0.25) is 0 Å². The number of amides is 1. The molecule has 0 saturated carbocycles. The average Bonchev–Trinajstić information content (AvgIpc) is 2.28. The van der Waals surface area contributed by atoms with Gasteiger partial charge in [-0.25, -0.2) is 12.7 Å². The lowest BCUT2D eigenvalue weighted by Gasteiger charge is -2.36. The molecule has 1 aliphatic heterocycles. The molecule has 0 aromatic rings. The van der Waals surface area contributed by atoms with Gasteiger partial charge in [-0.05, 0) is 25.7 Å². The summed E-state index contributed by atoms with van der Waals surface area (Å²) in [4.78, 5) is 13.9. The fourth-order valence-electron chi connectivity index (χ4n) is 2.73. The van der Waals surface area contributed by atoms with Crippen molar-refractivity contribution in [3.05, 3.63) is 0 Å². The Kier molecular flexibility index (Phi) is 5.80. The standard InChI is InChI=1S/C13H26N2O3S/c1-5-14(6-2)19(17,18)10-13(16)15-8-7-11(3)9-12(15)4/h11-12H,5-10H2,1-4H3/t11-,12-/m0/s1. The molecule has 1 rings (SSSR count). The maximum Gasteiger partial charge on any atom is 0.239 e. The summed E-state index contributed by atoms with van der Waals surface area (Å²) in [7, 11) is -3.47. The second-order valence-corrected chi connectivity index (χ2v) is 7.38. The molecule has 0 N–H and O–H groups in total. The fourth-order valence-corrected chi connectivity index (χ4v) is 4.17. The number of carbonyl (C=O) groups excluding carboxylic acids is 1. The summed E-state index contributed by atoms with van der Waals surface area (Å²) in [6.45, 7) is 9.25. The van der Waals surface area contributed by atoms with E-state index >= 15 is 0 Å². The first-order valence-electron chi connectivity index (χ1n) is 7.09. The smallest absolute Gasteiger partial charge is 0.239 e. The molecule has 6 heteroatoms. The van der Waals surface area contributed by atoms with E-state index in [1.807, 2.05) is 6.92 Å². The van der Waals surface area contributed by atoms with Crippen molar-refractivity contribution < 1.29 is 13.2 Å². The molecule has 19 heavy (non-hydrogen) atoms. The van der Waals surface area contributed by atoms with Gasteiger partial charge in [0, 0.05) is 25.7 Å². The van der Waals surface area contributed by atoms with E-state index in [9.17, 15) is 13.2 Å². The first-order valence-corrected chi connectivity index (χ1v) is 8.70. The first kappa shape index (κ1) is 16.4. The molecule has 1 heterocycles. The number of hydrogen-bond donors (Lipinski definition) is 0. The van der Waals surface area contributed by atoms with Crippen LogP contribution in [0.1, 0.15) is 40.5 Å². The van der Waals surface area contributed by atoms with Gasteiger partial charge < -0.3 is 4.90 Å². The molecule has 1 saturated heterocycles. The van der Waals surface area contributed by atoms with Crippen molar-refractivity contribution in [2.45, 2.75) is 46.6 Å². The van der Waals surface area contributed by atoms with Gasteiger partial charge in [-0.3, -0.25) is 4.79 Å². The minimum Gasteiger partial charge on any atom is -0.339 e. The van der Waals surface area contributed by atoms with Gasteiger partial charge in [-0.2, -0.15) is 0 Å². The maximum atomic E-state index is 12.2. The Morgan fingerprint density at radius 3 is 2.32 bits per heavy atom. The molecule has 0 aromatic carbocycles. The lowest BCUT2D eigenvalue weighted by atomic mass is 9.93. The highest BCUT2D eigenvalue weighted by Gasteiger charge is 2.31. The number of nitrogens with zero attached hydrogens (tertiary/aromatic N) is 2. The Bertz CT molecular complexity index is 404. The number of rotatable bonds is 5. The number of likely N-dealkylation sites (tertiary alicyclic amines) is 1. The summed E-state index contributed by atoms with van der Waals surface area (Å²) in [5.41, 5.74) is 0. The molecule has 1 amide bonds. The van der Waals surface area contributed by atoms with Crippen molar-refractivity contribution in [3.8, 4) is 0 Å². The molecule has 0 unspecified atom stereocenters.